The molecule has 0 amide bonds. The molecule has 3 fully saturated rings. The molecule has 0 aromatic carbocycles. The van der Waals surface area contributed by atoms with Crippen LogP contribution >= 0.6 is 0 Å². The summed E-state index contributed by atoms with van der Waals surface area (Å²) in [6.45, 7) is 4.80. The van der Waals surface area contributed by atoms with Crippen molar-refractivity contribution >= 4 is 0 Å². The Balaban J connectivity index is 1.91. The number of aryl methyl sites for hydroxylation is 1. The first kappa shape index (κ1) is 13.2. The van der Waals surface area contributed by atoms with Crippen molar-refractivity contribution in [2.45, 2.75) is 63.7 Å². The van der Waals surface area contributed by atoms with Gasteiger partial charge in [-0.15, -0.1) is 0 Å². The van der Waals surface area contributed by atoms with Gasteiger partial charge in [0.2, 0.25) is 0 Å². The molecule has 0 atom stereocenters. The Bertz CT molecular complexity index is 451. The maximum absolute atomic E-state index is 9.63. The minimum Gasteiger partial charge on any atom is -0.396 e. The fourth-order valence-corrected chi connectivity index (χ4v) is 4.15. The summed E-state index contributed by atoms with van der Waals surface area (Å²) in [4.78, 5) is 0. The van der Waals surface area contributed by atoms with Crippen LogP contribution in [0.1, 0.15) is 69.7 Å². The highest BCUT2D eigenvalue weighted by Gasteiger charge is 2.50. The molecule has 0 aliphatic heterocycles. The first-order chi connectivity index (χ1) is 9.00. The minimum absolute atomic E-state index is 0.251. The Morgan fingerprint density at radius 2 is 1.79 bits per heavy atom. The summed E-state index contributed by atoms with van der Waals surface area (Å²) in [5.41, 5.74) is 3.24. The van der Waals surface area contributed by atoms with Gasteiger partial charge in [0.15, 0.2) is 0 Å². The Labute approximate surface area is 116 Å². The van der Waals surface area contributed by atoms with Gasteiger partial charge in [-0.3, -0.25) is 4.68 Å². The van der Waals surface area contributed by atoms with E-state index in [0.29, 0.717) is 17.9 Å². The minimum atomic E-state index is 0.251. The summed E-state index contributed by atoms with van der Waals surface area (Å²) in [6.07, 6.45) is 7.24. The van der Waals surface area contributed by atoms with Crippen LogP contribution in [0.4, 0.5) is 0 Å². The molecular weight excluding hydrogens is 236 g/mol. The van der Waals surface area contributed by atoms with E-state index in [-0.39, 0.29) is 5.41 Å². The molecule has 0 spiro atoms. The fraction of sp³-hybridized carbons (Fsp3) is 0.812. The zero-order chi connectivity index (χ0) is 13.7. The molecule has 106 valence electrons. The van der Waals surface area contributed by atoms with Gasteiger partial charge in [-0.2, -0.15) is 5.10 Å². The third-order valence-corrected chi connectivity index (χ3v) is 5.77. The molecule has 0 unspecified atom stereocenters. The second-order valence-electron chi connectivity index (χ2n) is 7.17. The smallest absolute Gasteiger partial charge is 0.0652 e. The Morgan fingerprint density at radius 1 is 1.21 bits per heavy atom. The normalized spacial score (nSPS) is 34.2. The van der Waals surface area contributed by atoms with Crippen LogP contribution in [0, 0.1) is 5.41 Å². The van der Waals surface area contributed by atoms with E-state index >= 15 is 0 Å². The summed E-state index contributed by atoms with van der Waals surface area (Å²) in [6, 6.07) is 2.34. The van der Waals surface area contributed by atoms with Gasteiger partial charge in [0, 0.05) is 24.8 Å². The molecule has 0 radical (unpaired) electrons. The van der Waals surface area contributed by atoms with Gasteiger partial charge >= 0.3 is 0 Å². The van der Waals surface area contributed by atoms with Gasteiger partial charge in [0.05, 0.1) is 5.69 Å². The van der Waals surface area contributed by atoms with Crippen LogP contribution in [-0.2, 0) is 12.5 Å². The number of fused-ring (bicyclic) bond motifs is 3. The third kappa shape index (κ3) is 1.94. The van der Waals surface area contributed by atoms with Crippen molar-refractivity contribution in [1.82, 2.24) is 9.78 Å². The predicted molar refractivity (Wildman–Crippen MR) is 76.2 cm³/mol. The van der Waals surface area contributed by atoms with Crippen molar-refractivity contribution in [3.63, 3.8) is 0 Å². The second kappa shape index (κ2) is 4.34. The Morgan fingerprint density at radius 3 is 2.21 bits per heavy atom. The van der Waals surface area contributed by atoms with Gasteiger partial charge in [-0.1, -0.05) is 13.8 Å². The summed E-state index contributed by atoms with van der Waals surface area (Å²) in [5.74, 6) is 0.500. The molecule has 3 aliphatic carbocycles. The SMILES string of the molecule is CC(C)c1cc(C23CCC(CO)(CC2)CC3)n(C)n1. The average Bonchev–Trinajstić information content (AvgIpc) is 2.84. The number of aliphatic hydroxyl groups is 1. The van der Waals surface area contributed by atoms with Crippen LogP contribution in [0.5, 0.6) is 0 Å². The third-order valence-electron chi connectivity index (χ3n) is 5.77. The van der Waals surface area contributed by atoms with Crippen LogP contribution in [0.25, 0.3) is 0 Å². The monoisotopic (exact) mass is 262 g/mol. The Hall–Kier alpha value is -0.830. The molecule has 3 nitrogen and oxygen atoms in total. The van der Waals surface area contributed by atoms with Gasteiger partial charge in [0.25, 0.3) is 0 Å². The van der Waals surface area contributed by atoms with Gasteiger partial charge in [-0.05, 0) is 55.9 Å². The lowest BCUT2D eigenvalue weighted by Gasteiger charge is -2.52. The van der Waals surface area contributed by atoms with E-state index in [1.54, 1.807) is 0 Å². The standard InChI is InChI=1S/C16H26N2O/c1-12(2)13-10-14(18(3)17-13)16-7-4-15(11-19,5-8-16)6-9-16/h10,12,19H,4-9,11H2,1-3H3. The number of hydrogen-bond donors (Lipinski definition) is 1. The molecule has 3 saturated carbocycles. The van der Waals surface area contributed by atoms with Crippen molar-refractivity contribution < 1.29 is 5.11 Å². The second-order valence-corrected chi connectivity index (χ2v) is 7.17. The average molecular weight is 262 g/mol. The van der Waals surface area contributed by atoms with Gasteiger partial charge < -0.3 is 5.11 Å². The molecule has 1 aromatic rings. The first-order valence-corrected chi connectivity index (χ1v) is 7.66. The van der Waals surface area contributed by atoms with Crippen molar-refractivity contribution in [1.29, 1.82) is 0 Å². The van der Waals surface area contributed by atoms with Crippen LogP contribution < -0.4 is 0 Å². The molecular formula is C16H26N2O. The number of hydrogen-bond acceptors (Lipinski definition) is 2. The highest BCUT2D eigenvalue weighted by molar-refractivity contribution is 5.25. The number of rotatable bonds is 3. The van der Waals surface area contributed by atoms with E-state index in [4.69, 9.17) is 5.10 Å². The molecule has 1 aromatic heterocycles. The quantitative estimate of drug-likeness (QED) is 0.909. The molecule has 1 N–H and O–H groups in total. The largest absolute Gasteiger partial charge is 0.396 e. The number of nitrogens with zero attached hydrogens (tertiary/aromatic N) is 2. The Kier molecular flexibility index (Phi) is 3.01. The summed E-state index contributed by atoms with van der Waals surface area (Å²) >= 11 is 0. The lowest BCUT2D eigenvalue weighted by Crippen LogP contribution is -2.46. The molecule has 0 saturated heterocycles. The van der Waals surface area contributed by atoms with Crippen LogP contribution in [0.3, 0.4) is 0 Å². The summed E-state index contributed by atoms with van der Waals surface area (Å²) < 4.78 is 2.12. The van der Waals surface area contributed by atoms with Crippen molar-refractivity contribution in [2.75, 3.05) is 6.61 Å². The highest BCUT2D eigenvalue weighted by Crippen LogP contribution is 2.57. The van der Waals surface area contributed by atoms with E-state index < -0.39 is 0 Å². The van der Waals surface area contributed by atoms with E-state index in [0.717, 1.165) is 0 Å². The molecule has 4 rings (SSSR count). The van der Waals surface area contributed by atoms with E-state index in [1.807, 2.05) is 0 Å². The summed E-state index contributed by atoms with van der Waals surface area (Å²) in [7, 11) is 2.10. The van der Waals surface area contributed by atoms with E-state index in [9.17, 15) is 5.11 Å². The number of aliphatic hydroxyl groups excluding tert-OH is 1. The zero-order valence-corrected chi connectivity index (χ0v) is 12.4. The molecule has 3 aliphatic rings. The molecule has 19 heavy (non-hydrogen) atoms. The van der Waals surface area contributed by atoms with Crippen molar-refractivity contribution in [3.05, 3.63) is 17.5 Å². The first-order valence-electron chi connectivity index (χ1n) is 7.66. The topological polar surface area (TPSA) is 38.0 Å². The zero-order valence-electron chi connectivity index (χ0n) is 12.4. The molecule has 1 heterocycles. The van der Waals surface area contributed by atoms with Crippen molar-refractivity contribution in [2.24, 2.45) is 12.5 Å². The lowest BCUT2D eigenvalue weighted by molar-refractivity contribution is -0.00945. The van der Waals surface area contributed by atoms with Gasteiger partial charge in [0.1, 0.15) is 0 Å². The molecule has 3 heteroatoms. The van der Waals surface area contributed by atoms with Crippen LogP contribution in [0.15, 0.2) is 6.07 Å². The summed E-state index contributed by atoms with van der Waals surface area (Å²) in [5, 5.41) is 14.3. The maximum Gasteiger partial charge on any atom is 0.0652 e. The lowest BCUT2D eigenvalue weighted by atomic mass is 9.53. The van der Waals surface area contributed by atoms with Crippen LogP contribution in [0.2, 0.25) is 0 Å². The van der Waals surface area contributed by atoms with E-state index in [2.05, 4.69) is 31.6 Å². The number of aromatic nitrogens is 2. The van der Waals surface area contributed by atoms with Gasteiger partial charge in [-0.25, -0.2) is 0 Å². The fourth-order valence-electron chi connectivity index (χ4n) is 4.15. The van der Waals surface area contributed by atoms with Crippen molar-refractivity contribution in [3.8, 4) is 0 Å². The predicted octanol–water partition coefficient (Wildman–Crippen LogP) is 3.13. The molecule has 2 bridgehead atoms. The highest BCUT2D eigenvalue weighted by atomic mass is 16.3. The van der Waals surface area contributed by atoms with E-state index in [1.165, 1.54) is 49.9 Å². The van der Waals surface area contributed by atoms with Crippen LogP contribution in [-0.4, -0.2) is 21.5 Å². The maximum atomic E-state index is 9.63.